The number of carbonyl (C=O) groups is 1. The van der Waals surface area contributed by atoms with Crippen molar-refractivity contribution >= 4 is 27.5 Å². The molecule has 22 heavy (non-hydrogen) atoms. The Labute approximate surface area is 137 Å². The van der Waals surface area contributed by atoms with E-state index in [0.29, 0.717) is 12.2 Å². The number of nitrogens with one attached hydrogen (secondary N) is 1. The molecular weight excluding hydrogens is 349 g/mol. The Balaban J connectivity index is 2.09. The third kappa shape index (κ3) is 3.55. The van der Waals surface area contributed by atoms with Gasteiger partial charge in [-0.05, 0) is 54.4 Å². The van der Waals surface area contributed by atoms with E-state index in [-0.39, 0.29) is 17.6 Å². The quantitative estimate of drug-likeness (QED) is 0.887. The van der Waals surface area contributed by atoms with E-state index in [1.165, 1.54) is 12.1 Å². The van der Waals surface area contributed by atoms with E-state index in [4.69, 9.17) is 0 Å². The maximum atomic E-state index is 13.3. The van der Waals surface area contributed by atoms with Gasteiger partial charge in [-0.3, -0.25) is 9.48 Å². The molecule has 0 spiro atoms. The Bertz CT molecular complexity index is 712. The highest BCUT2D eigenvalue weighted by atomic mass is 79.9. The lowest BCUT2D eigenvalue weighted by atomic mass is 10.1. The van der Waals surface area contributed by atoms with Crippen molar-refractivity contribution in [3.05, 3.63) is 45.4 Å². The molecule has 0 saturated heterocycles. The van der Waals surface area contributed by atoms with Gasteiger partial charge in [0.15, 0.2) is 0 Å². The van der Waals surface area contributed by atoms with Gasteiger partial charge >= 0.3 is 0 Å². The molecule has 0 bridgehead atoms. The number of benzene rings is 1. The van der Waals surface area contributed by atoms with Crippen molar-refractivity contribution in [1.82, 2.24) is 9.78 Å². The van der Waals surface area contributed by atoms with Gasteiger partial charge in [0.2, 0.25) is 5.91 Å². The Hall–Kier alpha value is -1.69. The van der Waals surface area contributed by atoms with Crippen LogP contribution >= 0.6 is 15.9 Å². The molecule has 0 fully saturated rings. The van der Waals surface area contributed by atoms with Gasteiger partial charge < -0.3 is 5.32 Å². The maximum Gasteiger partial charge on any atom is 0.229 e. The third-order valence-corrected chi connectivity index (χ3v) is 4.79. The van der Waals surface area contributed by atoms with Gasteiger partial charge in [0.05, 0.1) is 22.6 Å². The SMILES string of the molecule is Cc1ccc(F)cc1NC(=O)[C@@H](C)Cn1nc(C)c(Br)c1C. The van der Waals surface area contributed by atoms with Crippen molar-refractivity contribution in [1.29, 1.82) is 0 Å². The number of nitrogens with zero attached hydrogens (tertiary/aromatic N) is 2. The lowest BCUT2D eigenvalue weighted by Crippen LogP contribution is -2.25. The molecular formula is C16H19BrFN3O. The van der Waals surface area contributed by atoms with Gasteiger partial charge in [0.1, 0.15) is 5.82 Å². The third-order valence-electron chi connectivity index (χ3n) is 3.65. The largest absolute Gasteiger partial charge is 0.325 e. The van der Waals surface area contributed by atoms with Crippen LogP contribution in [0.4, 0.5) is 10.1 Å². The van der Waals surface area contributed by atoms with Crippen LogP contribution in [-0.4, -0.2) is 15.7 Å². The summed E-state index contributed by atoms with van der Waals surface area (Å²) in [6.07, 6.45) is 0. The van der Waals surface area contributed by atoms with Gasteiger partial charge in [-0.1, -0.05) is 13.0 Å². The molecule has 0 aliphatic carbocycles. The van der Waals surface area contributed by atoms with Crippen molar-refractivity contribution in [3.8, 4) is 0 Å². The lowest BCUT2D eigenvalue weighted by molar-refractivity contribution is -0.119. The number of anilines is 1. The summed E-state index contributed by atoms with van der Waals surface area (Å²) >= 11 is 3.47. The Morgan fingerprint density at radius 1 is 1.41 bits per heavy atom. The molecule has 118 valence electrons. The second-order valence-electron chi connectivity index (χ2n) is 5.52. The minimum Gasteiger partial charge on any atom is -0.325 e. The van der Waals surface area contributed by atoms with Crippen molar-refractivity contribution in [2.24, 2.45) is 5.92 Å². The molecule has 4 nitrogen and oxygen atoms in total. The summed E-state index contributed by atoms with van der Waals surface area (Å²) in [6, 6.07) is 4.36. The van der Waals surface area contributed by atoms with E-state index in [2.05, 4.69) is 26.3 Å². The normalized spacial score (nSPS) is 12.3. The first kappa shape index (κ1) is 16.7. The summed E-state index contributed by atoms with van der Waals surface area (Å²) in [7, 11) is 0. The van der Waals surface area contributed by atoms with Crippen LogP contribution in [0.1, 0.15) is 23.9 Å². The number of aromatic nitrogens is 2. The molecule has 0 unspecified atom stereocenters. The van der Waals surface area contributed by atoms with Crippen LogP contribution in [0.3, 0.4) is 0 Å². The highest BCUT2D eigenvalue weighted by Crippen LogP contribution is 2.21. The van der Waals surface area contributed by atoms with E-state index in [9.17, 15) is 9.18 Å². The lowest BCUT2D eigenvalue weighted by Gasteiger charge is -2.15. The summed E-state index contributed by atoms with van der Waals surface area (Å²) in [5.74, 6) is -0.805. The molecule has 0 aliphatic heterocycles. The number of aryl methyl sites for hydroxylation is 2. The molecule has 0 aliphatic rings. The van der Waals surface area contributed by atoms with E-state index in [0.717, 1.165) is 21.4 Å². The molecule has 0 radical (unpaired) electrons. The molecule has 2 aromatic rings. The number of halogens is 2. The highest BCUT2D eigenvalue weighted by Gasteiger charge is 2.18. The van der Waals surface area contributed by atoms with Crippen LogP contribution in [0.15, 0.2) is 22.7 Å². The smallest absolute Gasteiger partial charge is 0.229 e. The first-order chi connectivity index (χ1) is 10.3. The number of hydrogen-bond acceptors (Lipinski definition) is 2. The number of carbonyl (C=O) groups excluding carboxylic acids is 1. The van der Waals surface area contributed by atoms with E-state index < -0.39 is 0 Å². The first-order valence-electron chi connectivity index (χ1n) is 7.06. The summed E-state index contributed by atoms with van der Waals surface area (Å²) in [5.41, 5.74) is 3.22. The molecule has 1 aromatic carbocycles. The van der Waals surface area contributed by atoms with Gasteiger partial charge in [0, 0.05) is 11.4 Å². The molecule has 1 amide bonds. The molecule has 1 aromatic heterocycles. The fourth-order valence-electron chi connectivity index (χ4n) is 2.18. The average molecular weight is 368 g/mol. The Kier molecular flexibility index (Phi) is 5.01. The summed E-state index contributed by atoms with van der Waals surface area (Å²) in [4.78, 5) is 12.3. The highest BCUT2D eigenvalue weighted by molar-refractivity contribution is 9.10. The summed E-state index contributed by atoms with van der Waals surface area (Å²) in [5, 5.41) is 7.18. The molecule has 0 saturated carbocycles. The molecule has 1 N–H and O–H groups in total. The zero-order valence-corrected chi connectivity index (χ0v) is 14.7. The first-order valence-corrected chi connectivity index (χ1v) is 7.85. The van der Waals surface area contributed by atoms with Crippen LogP contribution in [-0.2, 0) is 11.3 Å². The Morgan fingerprint density at radius 3 is 2.68 bits per heavy atom. The van der Waals surface area contributed by atoms with Crippen molar-refractivity contribution in [3.63, 3.8) is 0 Å². The standard InChI is InChI=1S/C16H19BrFN3O/c1-9-5-6-13(18)7-14(9)19-16(22)10(2)8-21-12(4)15(17)11(3)20-21/h5-7,10H,8H2,1-4H3,(H,19,22)/t10-/m0/s1. The zero-order chi connectivity index (χ0) is 16.4. The fourth-order valence-corrected chi connectivity index (χ4v) is 2.46. The van der Waals surface area contributed by atoms with Crippen molar-refractivity contribution in [2.45, 2.75) is 34.2 Å². The zero-order valence-electron chi connectivity index (χ0n) is 13.1. The van der Waals surface area contributed by atoms with E-state index >= 15 is 0 Å². The predicted octanol–water partition coefficient (Wildman–Crippen LogP) is 3.98. The minimum absolute atomic E-state index is 0.155. The number of amides is 1. The van der Waals surface area contributed by atoms with Crippen LogP contribution < -0.4 is 5.32 Å². The second kappa shape index (κ2) is 6.60. The van der Waals surface area contributed by atoms with Crippen molar-refractivity contribution in [2.75, 3.05) is 5.32 Å². The number of rotatable bonds is 4. The molecule has 1 heterocycles. The second-order valence-corrected chi connectivity index (χ2v) is 6.31. The maximum absolute atomic E-state index is 13.3. The minimum atomic E-state index is -0.365. The van der Waals surface area contributed by atoms with Gasteiger partial charge in [0.25, 0.3) is 0 Å². The topological polar surface area (TPSA) is 46.9 Å². The fraction of sp³-hybridized carbons (Fsp3) is 0.375. The van der Waals surface area contributed by atoms with Crippen LogP contribution in [0.5, 0.6) is 0 Å². The average Bonchev–Trinajstić information content (AvgIpc) is 2.70. The predicted molar refractivity (Wildman–Crippen MR) is 88.3 cm³/mol. The molecule has 2 rings (SSSR count). The Morgan fingerprint density at radius 2 is 2.09 bits per heavy atom. The van der Waals surface area contributed by atoms with Crippen LogP contribution in [0.25, 0.3) is 0 Å². The monoisotopic (exact) mass is 367 g/mol. The van der Waals surface area contributed by atoms with Crippen LogP contribution in [0, 0.1) is 32.5 Å². The molecule has 1 atom stereocenters. The van der Waals surface area contributed by atoms with Crippen molar-refractivity contribution < 1.29 is 9.18 Å². The van der Waals surface area contributed by atoms with E-state index in [1.54, 1.807) is 6.07 Å². The summed E-state index contributed by atoms with van der Waals surface area (Å²) < 4.78 is 16.0. The van der Waals surface area contributed by atoms with E-state index in [1.807, 2.05) is 32.4 Å². The van der Waals surface area contributed by atoms with Gasteiger partial charge in [-0.2, -0.15) is 5.10 Å². The van der Waals surface area contributed by atoms with Crippen LogP contribution in [0.2, 0.25) is 0 Å². The number of hydrogen-bond donors (Lipinski definition) is 1. The van der Waals surface area contributed by atoms with Gasteiger partial charge in [-0.25, -0.2) is 4.39 Å². The van der Waals surface area contributed by atoms with Gasteiger partial charge in [-0.15, -0.1) is 0 Å². The summed E-state index contributed by atoms with van der Waals surface area (Å²) in [6.45, 7) is 7.99. The molecule has 6 heteroatoms.